The minimum absolute atomic E-state index is 0.0261. The molecule has 2 atom stereocenters. The average Bonchev–Trinajstić information content (AvgIpc) is 2.38. The molecule has 0 bridgehead atoms. The van der Waals surface area contributed by atoms with E-state index in [1.807, 2.05) is 0 Å². The van der Waals surface area contributed by atoms with Gasteiger partial charge < -0.3 is 14.6 Å². The van der Waals surface area contributed by atoms with E-state index in [9.17, 15) is 4.79 Å². The molecule has 2 aliphatic rings. The molecule has 2 heterocycles. The second-order valence-electron chi connectivity index (χ2n) is 2.95. The normalized spacial score (nSPS) is 34.5. The van der Waals surface area contributed by atoms with Gasteiger partial charge in [-0.05, 0) is 6.08 Å². The van der Waals surface area contributed by atoms with E-state index in [2.05, 4.69) is 0 Å². The molecule has 0 saturated carbocycles. The van der Waals surface area contributed by atoms with Crippen molar-refractivity contribution in [2.45, 2.75) is 18.9 Å². The highest BCUT2D eigenvalue weighted by Crippen LogP contribution is 2.36. The molecule has 1 amide bonds. The van der Waals surface area contributed by atoms with Crippen LogP contribution in [0.5, 0.6) is 0 Å². The largest absolute Gasteiger partial charge is 0.470 e. The molecule has 2 fully saturated rings. The third kappa shape index (κ3) is 1.12. The molecule has 0 aromatic rings. The van der Waals surface area contributed by atoms with E-state index in [0.717, 1.165) is 0 Å². The van der Waals surface area contributed by atoms with Crippen LogP contribution in [-0.4, -0.2) is 42.1 Å². The minimum Gasteiger partial charge on any atom is -0.470 e. The number of nitrogens with zero attached hydrogens (tertiary/aromatic N) is 1. The molecule has 0 spiro atoms. The molecule has 5 heteroatoms. The molecule has 0 radical (unpaired) electrons. The summed E-state index contributed by atoms with van der Waals surface area (Å²) in [5.74, 6) is 0.555. The van der Waals surface area contributed by atoms with Crippen LogP contribution in [0.15, 0.2) is 11.8 Å². The van der Waals surface area contributed by atoms with E-state index in [-0.39, 0.29) is 18.7 Å². The van der Waals surface area contributed by atoms with Gasteiger partial charge in [0.1, 0.15) is 5.76 Å². The maximum atomic E-state index is 11.1. The highest BCUT2D eigenvalue weighted by atomic mass is 16.6. The standard InChI is InChI=1S/C8H11NO4/c1-12-8-5(2-3-10)13-7-4-6(11)9(7)8/h2,7-8,10H,3-4H2,1H3/t7-,8?/m1/s1. The van der Waals surface area contributed by atoms with Crippen LogP contribution in [0.3, 0.4) is 0 Å². The van der Waals surface area contributed by atoms with Crippen LogP contribution in [0, 0.1) is 0 Å². The van der Waals surface area contributed by atoms with Crippen molar-refractivity contribution in [3.05, 3.63) is 11.8 Å². The maximum Gasteiger partial charge on any atom is 0.233 e. The van der Waals surface area contributed by atoms with Gasteiger partial charge in [-0.1, -0.05) is 0 Å². The van der Waals surface area contributed by atoms with Crippen molar-refractivity contribution in [1.29, 1.82) is 0 Å². The van der Waals surface area contributed by atoms with Gasteiger partial charge in [-0.25, -0.2) is 0 Å². The van der Waals surface area contributed by atoms with Crippen molar-refractivity contribution in [1.82, 2.24) is 4.90 Å². The zero-order valence-corrected chi connectivity index (χ0v) is 7.27. The lowest BCUT2D eigenvalue weighted by Gasteiger charge is -2.33. The lowest BCUT2D eigenvalue weighted by molar-refractivity contribution is -0.165. The Morgan fingerprint density at radius 1 is 1.85 bits per heavy atom. The predicted molar refractivity (Wildman–Crippen MR) is 42.3 cm³/mol. The van der Waals surface area contributed by atoms with Crippen molar-refractivity contribution in [3.63, 3.8) is 0 Å². The molecule has 13 heavy (non-hydrogen) atoms. The molecule has 5 nitrogen and oxygen atoms in total. The first-order valence-electron chi connectivity index (χ1n) is 4.09. The van der Waals surface area contributed by atoms with Gasteiger partial charge in [-0.3, -0.25) is 9.69 Å². The summed E-state index contributed by atoms with van der Waals surface area (Å²) in [6.45, 7) is -0.107. The van der Waals surface area contributed by atoms with Crippen LogP contribution in [0.1, 0.15) is 6.42 Å². The molecule has 2 saturated heterocycles. The van der Waals surface area contributed by atoms with Crippen LogP contribution in [-0.2, 0) is 14.3 Å². The highest BCUT2D eigenvalue weighted by Gasteiger charge is 2.50. The average molecular weight is 185 g/mol. The van der Waals surface area contributed by atoms with E-state index < -0.39 is 6.23 Å². The summed E-state index contributed by atoms with van der Waals surface area (Å²) in [6.07, 6.45) is 1.29. The molecule has 2 aliphatic heterocycles. The summed E-state index contributed by atoms with van der Waals surface area (Å²) in [4.78, 5) is 12.6. The molecule has 2 rings (SSSR count). The Balaban J connectivity index is 2.17. The number of methoxy groups -OCH3 is 1. The molecule has 0 aliphatic carbocycles. The number of carbonyl (C=O) groups excluding carboxylic acids is 1. The molecular weight excluding hydrogens is 174 g/mol. The number of amides is 1. The fourth-order valence-corrected chi connectivity index (χ4v) is 1.60. The Kier molecular flexibility index (Phi) is 1.97. The molecule has 0 aromatic carbocycles. The van der Waals surface area contributed by atoms with Crippen molar-refractivity contribution in [2.75, 3.05) is 13.7 Å². The van der Waals surface area contributed by atoms with Gasteiger partial charge in [0.15, 0.2) is 12.5 Å². The number of aliphatic hydroxyl groups excluding tert-OH is 1. The molecule has 1 unspecified atom stereocenters. The lowest BCUT2D eigenvalue weighted by atomic mass is 10.2. The summed E-state index contributed by atoms with van der Waals surface area (Å²) in [7, 11) is 1.51. The number of aliphatic hydroxyl groups is 1. The zero-order chi connectivity index (χ0) is 9.42. The number of rotatable bonds is 2. The molecule has 0 aromatic heterocycles. The van der Waals surface area contributed by atoms with Crippen LogP contribution >= 0.6 is 0 Å². The smallest absolute Gasteiger partial charge is 0.233 e. The first-order valence-corrected chi connectivity index (χ1v) is 4.09. The third-order valence-electron chi connectivity index (χ3n) is 2.23. The zero-order valence-electron chi connectivity index (χ0n) is 7.27. The summed E-state index contributed by atoms with van der Waals surface area (Å²) >= 11 is 0. The number of hydrogen-bond donors (Lipinski definition) is 1. The third-order valence-corrected chi connectivity index (χ3v) is 2.23. The summed E-state index contributed by atoms with van der Waals surface area (Å²) < 4.78 is 10.4. The van der Waals surface area contributed by atoms with Crippen LogP contribution in [0.4, 0.5) is 0 Å². The van der Waals surface area contributed by atoms with Gasteiger partial charge in [0.25, 0.3) is 0 Å². The lowest BCUT2D eigenvalue weighted by Crippen LogP contribution is -2.53. The van der Waals surface area contributed by atoms with Crippen molar-refractivity contribution < 1.29 is 19.4 Å². The Labute approximate surface area is 75.5 Å². The van der Waals surface area contributed by atoms with Crippen molar-refractivity contribution in [2.24, 2.45) is 0 Å². The van der Waals surface area contributed by atoms with Crippen molar-refractivity contribution in [3.8, 4) is 0 Å². The van der Waals surface area contributed by atoms with Crippen molar-refractivity contribution >= 4 is 5.91 Å². The number of hydrogen-bond acceptors (Lipinski definition) is 4. The van der Waals surface area contributed by atoms with Gasteiger partial charge in [0.05, 0.1) is 13.0 Å². The van der Waals surface area contributed by atoms with Crippen LogP contribution < -0.4 is 0 Å². The number of fused-ring (bicyclic) bond motifs is 1. The second kappa shape index (κ2) is 3.01. The van der Waals surface area contributed by atoms with Crippen LogP contribution in [0.25, 0.3) is 0 Å². The summed E-state index contributed by atoms with van der Waals surface area (Å²) in [6, 6.07) is 0. The summed E-state index contributed by atoms with van der Waals surface area (Å²) in [5.41, 5.74) is 0. The van der Waals surface area contributed by atoms with E-state index in [1.54, 1.807) is 0 Å². The first kappa shape index (κ1) is 8.52. The second-order valence-corrected chi connectivity index (χ2v) is 2.95. The monoisotopic (exact) mass is 185 g/mol. The molecular formula is C8H11NO4. The van der Waals surface area contributed by atoms with Gasteiger partial charge >= 0.3 is 0 Å². The van der Waals surface area contributed by atoms with E-state index in [0.29, 0.717) is 12.2 Å². The SMILES string of the molecule is COC1C(=CCO)O[C@@H]2CC(=O)N12. The molecule has 72 valence electrons. The Morgan fingerprint density at radius 2 is 2.62 bits per heavy atom. The van der Waals surface area contributed by atoms with Gasteiger partial charge in [-0.2, -0.15) is 0 Å². The van der Waals surface area contributed by atoms with E-state index in [4.69, 9.17) is 14.6 Å². The predicted octanol–water partition coefficient (Wildman–Crippen LogP) is -0.576. The first-order chi connectivity index (χ1) is 6.27. The molecule has 1 N–H and O–H groups in total. The number of ether oxygens (including phenoxy) is 2. The van der Waals surface area contributed by atoms with Gasteiger partial charge in [0, 0.05) is 7.11 Å². The Bertz CT molecular complexity index is 263. The fraction of sp³-hybridized carbons (Fsp3) is 0.625. The highest BCUT2D eigenvalue weighted by molar-refractivity contribution is 5.83. The van der Waals surface area contributed by atoms with Gasteiger partial charge in [0.2, 0.25) is 5.91 Å². The Hall–Kier alpha value is -1.07. The Morgan fingerprint density at radius 3 is 3.15 bits per heavy atom. The quantitative estimate of drug-likeness (QED) is 0.585. The fourth-order valence-electron chi connectivity index (χ4n) is 1.60. The summed E-state index contributed by atoms with van der Waals surface area (Å²) in [5, 5.41) is 8.68. The number of carbonyl (C=O) groups is 1. The minimum atomic E-state index is -0.446. The van der Waals surface area contributed by atoms with Gasteiger partial charge in [-0.15, -0.1) is 0 Å². The topological polar surface area (TPSA) is 59.0 Å². The maximum absolute atomic E-state index is 11.1. The van der Waals surface area contributed by atoms with E-state index in [1.165, 1.54) is 18.1 Å². The van der Waals surface area contributed by atoms with Crippen LogP contribution in [0.2, 0.25) is 0 Å². The number of β-lactam (4-membered cyclic amide) rings is 1. The van der Waals surface area contributed by atoms with E-state index >= 15 is 0 Å².